The number of carbonyl (C=O) groups excluding carboxylic acids is 1. The second kappa shape index (κ2) is 10.6. The van der Waals surface area contributed by atoms with Crippen LogP contribution in [0, 0.1) is 0 Å². The maximum Gasteiger partial charge on any atom is 0.349 e. The molecule has 1 aromatic heterocycles. The molecule has 4 aromatic rings. The quantitative estimate of drug-likeness (QED) is 0.359. The molecule has 3 aromatic carbocycles. The van der Waals surface area contributed by atoms with E-state index >= 15 is 0 Å². The van der Waals surface area contributed by atoms with Gasteiger partial charge in [0.05, 0.1) is 44.7 Å². The number of hydrogen-bond acceptors (Lipinski definition) is 5. The van der Waals surface area contributed by atoms with Gasteiger partial charge in [0, 0.05) is 15.4 Å². The minimum atomic E-state index is -0.709. The minimum absolute atomic E-state index is 0.0567. The highest BCUT2D eigenvalue weighted by Crippen LogP contribution is 2.30. The fraction of sp³-hybridized carbons (Fsp3) is 0.214. The van der Waals surface area contributed by atoms with Crippen LogP contribution in [-0.2, 0) is 6.54 Å². The minimum Gasteiger partial charge on any atom is -0.493 e. The largest absolute Gasteiger partial charge is 0.493 e. The van der Waals surface area contributed by atoms with Gasteiger partial charge in [-0.2, -0.15) is 0 Å². The van der Waals surface area contributed by atoms with E-state index in [-0.39, 0.29) is 5.56 Å². The van der Waals surface area contributed by atoms with E-state index in [1.54, 1.807) is 24.3 Å². The lowest BCUT2D eigenvalue weighted by atomic mass is 10.1. The fourth-order valence-corrected chi connectivity index (χ4v) is 5.00. The summed E-state index contributed by atoms with van der Waals surface area (Å²) in [5.74, 6) is -0.0690. The van der Waals surface area contributed by atoms with Crippen molar-refractivity contribution >= 4 is 44.2 Å². The Balaban J connectivity index is 1.34. The lowest BCUT2D eigenvalue weighted by Gasteiger charge is -2.34. The number of hydrogen-bond donors (Lipinski definition) is 2. The number of carbonyl (C=O) groups is 1. The Hall–Kier alpha value is -3.62. The van der Waals surface area contributed by atoms with Crippen molar-refractivity contribution in [1.82, 2.24) is 0 Å². The normalized spacial score (nSPS) is 14.1. The third kappa shape index (κ3) is 5.15. The molecule has 2 N–H and O–H groups in total. The van der Waals surface area contributed by atoms with Crippen molar-refractivity contribution in [2.45, 2.75) is 6.54 Å². The van der Waals surface area contributed by atoms with E-state index in [1.165, 1.54) is 17.6 Å². The van der Waals surface area contributed by atoms with Crippen LogP contribution >= 0.6 is 15.9 Å². The summed E-state index contributed by atoms with van der Waals surface area (Å²) in [6.07, 6.45) is 0. The van der Waals surface area contributed by atoms with E-state index < -0.39 is 11.5 Å². The number of rotatable bonds is 6. The summed E-state index contributed by atoms with van der Waals surface area (Å²) in [5, 5.41) is 3.56. The van der Waals surface area contributed by atoms with Gasteiger partial charge in [-0.05, 0) is 30.3 Å². The number of piperazine rings is 1. The highest BCUT2D eigenvalue weighted by Gasteiger charge is 2.24. The Labute approximate surface area is 217 Å². The lowest BCUT2D eigenvalue weighted by molar-refractivity contribution is -0.914. The van der Waals surface area contributed by atoms with Crippen molar-refractivity contribution in [3.63, 3.8) is 0 Å². The third-order valence-corrected chi connectivity index (χ3v) is 7.00. The standard InChI is InChI=1S/C28H26BrN3O4/c1-35-25-9-5-8-20-16-22(28(34)36-26(20)25)27(33)30-23-17-21(29)10-11-24(23)32-14-12-31(13-15-32)18-19-6-3-2-4-7-19/h2-11,16-17H,12-15,18H2,1H3,(H,30,33)/p+1. The van der Waals surface area contributed by atoms with Crippen molar-refractivity contribution in [2.75, 3.05) is 43.5 Å². The van der Waals surface area contributed by atoms with Crippen molar-refractivity contribution in [3.05, 3.63) is 98.8 Å². The number of benzene rings is 3. The second-order valence-corrected chi connectivity index (χ2v) is 9.76. The molecule has 0 atom stereocenters. The van der Waals surface area contributed by atoms with E-state index in [9.17, 15) is 9.59 Å². The number of fused-ring (bicyclic) bond motifs is 1. The average Bonchev–Trinajstić information content (AvgIpc) is 2.89. The van der Waals surface area contributed by atoms with E-state index in [0.29, 0.717) is 22.4 Å². The zero-order valence-corrected chi connectivity index (χ0v) is 21.5. The summed E-state index contributed by atoms with van der Waals surface area (Å²) < 4.78 is 11.5. The highest BCUT2D eigenvalue weighted by atomic mass is 79.9. The first-order valence-corrected chi connectivity index (χ1v) is 12.7. The zero-order chi connectivity index (χ0) is 25.1. The first kappa shape index (κ1) is 24.1. The molecular formula is C28H27BrN3O4+. The maximum absolute atomic E-state index is 13.2. The smallest absolute Gasteiger partial charge is 0.349 e. The summed E-state index contributed by atoms with van der Waals surface area (Å²) in [6.45, 7) is 4.72. The molecule has 184 valence electrons. The van der Waals surface area contributed by atoms with Crippen molar-refractivity contribution in [3.8, 4) is 5.75 Å². The molecule has 5 rings (SSSR count). The summed E-state index contributed by atoms with van der Waals surface area (Å²) >= 11 is 3.51. The van der Waals surface area contributed by atoms with E-state index in [2.05, 4.69) is 50.4 Å². The topological polar surface area (TPSA) is 76.2 Å². The van der Waals surface area contributed by atoms with Gasteiger partial charge in [0.15, 0.2) is 11.3 Å². The van der Waals surface area contributed by atoms with E-state index in [0.717, 1.165) is 42.9 Å². The fourth-order valence-electron chi connectivity index (χ4n) is 4.64. The van der Waals surface area contributed by atoms with Crippen LogP contribution in [0.25, 0.3) is 11.0 Å². The van der Waals surface area contributed by atoms with Gasteiger partial charge >= 0.3 is 5.63 Å². The molecule has 36 heavy (non-hydrogen) atoms. The van der Waals surface area contributed by atoms with Crippen LogP contribution in [0.5, 0.6) is 5.75 Å². The van der Waals surface area contributed by atoms with Crippen LogP contribution < -0.4 is 25.5 Å². The van der Waals surface area contributed by atoms with Gasteiger partial charge in [-0.3, -0.25) is 4.79 Å². The molecule has 0 saturated carbocycles. The SMILES string of the molecule is COc1cccc2cc(C(=O)Nc3cc(Br)ccc3N3CC[NH+](Cc4ccccc4)CC3)c(=O)oc12. The summed E-state index contributed by atoms with van der Waals surface area (Å²) in [5.41, 5.74) is 2.46. The molecule has 0 spiro atoms. The summed E-state index contributed by atoms with van der Waals surface area (Å²) in [7, 11) is 1.51. The highest BCUT2D eigenvalue weighted by molar-refractivity contribution is 9.10. The van der Waals surface area contributed by atoms with Crippen molar-refractivity contribution in [1.29, 1.82) is 0 Å². The van der Waals surface area contributed by atoms with Gasteiger partial charge in [-0.15, -0.1) is 0 Å². The molecule has 8 heteroatoms. The molecule has 1 aliphatic rings. The molecule has 0 unspecified atom stereocenters. The maximum atomic E-state index is 13.2. The molecule has 1 amide bonds. The van der Waals surface area contributed by atoms with Crippen LogP contribution in [0.4, 0.5) is 11.4 Å². The number of nitrogens with zero attached hydrogens (tertiary/aromatic N) is 1. The van der Waals surface area contributed by atoms with Crippen LogP contribution in [0.3, 0.4) is 0 Å². The number of quaternary nitrogens is 1. The Morgan fingerprint density at radius 1 is 1.06 bits per heavy atom. The van der Waals surface area contributed by atoms with Crippen molar-refractivity contribution in [2.24, 2.45) is 0 Å². The Bertz CT molecular complexity index is 1450. The number of nitrogens with one attached hydrogen (secondary N) is 2. The van der Waals surface area contributed by atoms with E-state index in [4.69, 9.17) is 9.15 Å². The van der Waals surface area contributed by atoms with Crippen LogP contribution in [0.1, 0.15) is 15.9 Å². The third-order valence-electron chi connectivity index (χ3n) is 6.50. The van der Waals surface area contributed by atoms with Gasteiger partial charge in [0.25, 0.3) is 5.91 Å². The number of methoxy groups -OCH3 is 1. The number of anilines is 2. The summed E-state index contributed by atoms with van der Waals surface area (Å²) in [6, 6.07) is 23.2. The van der Waals surface area contributed by atoms with Crippen molar-refractivity contribution < 1.29 is 18.8 Å². The average molecular weight is 549 g/mol. The molecule has 0 radical (unpaired) electrons. The van der Waals surface area contributed by atoms with Gasteiger partial charge in [0.2, 0.25) is 0 Å². The number of para-hydroxylation sites is 1. The van der Waals surface area contributed by atoms with Gasteiger partial charge in [-0.1, -0.05) is 58.4 Å². The second-order valence-electron chi connectivity index (χ2n) is 8.84. The first-order chi connectivity index (χ1) is 17.5. The van der Waals surface area contributed by atoms with E-state index in [1.807, 2.05) is 24.3 Å². The Morgan fingerprint density at radius 2 is 1.83 bits per heavy atom. The lowest BCUT2D eigenvalue weighted by Crippen LogP contribution is -3.13. The van der Waals surface area contributed by atoms with Gasteiger partial charge in [-0.25, -0.2) is 4.79 Å². The van der Waals surface area contributed by atoms with Crippen LogP contribution in [-0.4, -0.2) is 39.2 Å². The monoisotopic (exact) mass is 548 g/mol. The number of ether oxygens (including phenoxy) is 1. The molecule has 1 fully saturated rings. The molecule has 1 aliphatic heterocycles. The molecule has 0 bridgehead atoms. The number of halogens is 1. The molecule has 0 aliphatic carbocycles. The predicted molar refractivity (Wildman–Crippen MR) is 144 cm³/mol. The predicted octanol–water partition coefficient (Wildman–Crippen LogP) is 3.72. The molecule has 7 nitrogen and oxygen atoms in total. The zero-order valence-electron chi connectivity index (χ0n) is 19.9. The summed E-state index contributed by atoms with van der Waals surface area (Å²) in [4.78, 5) is 29.7. The molecular weight excluding hydrogens is 522 g/mol. The van der Waals surface area contributed by atoms with Gasteiger partial charge < -0.3 is 24.3 Å². The first-order valence-electron chi connectivity index (χ1n) is 11.9. The van der Waals surface area contributed by atoms with Crippen LogP contribution in [0.2, 0.25) is 0 Å². The van der Waals surface area contributed by atoms with Gasteiger partial charge in [0.1, 0.15) is 12.1 Å². The Morgan fingerprint density at radius 3 is 2.58 bits per heavy atom. The number of amides is 1. The molecule has 1 saturated heterocycles. The molecule has 2 heterocycles. The Kier molecular flexibility index (Phi) is 7.06. The van der Waals surface area contributed by atoms with Crippen LogP contribution in [0.15, 0.2) is 86.5 Å².